The minimum atomic E-state index is -0.826. The van der Waals surface area contributed by atoms with E-state index >= 15 is 0 Å². The number of rotatable bonds is 2. The van der Waals surface area contributed by atoms with Crippen molar-refractivity contribution < 1.29 is 20.8 Å². The van der Waals surface area contributed by atoms with E-state index in [0.717, 1.165) is 23.7 Å². The van der Waals surface area contributed by atoms with Crippen LogP contribution in [0.25, 0.3) is 0 Å². The Hall–Kier alpha value is 1.46. The summed E-state index contributed by atoms with van der Waals surface area (Å²) < 4.78 is 0. The van der Waals surface area contributed by atoms with Gasteiger partial charge in [-0.25, -0.2) is 0 Å². The molecule has 0 nitrogen and oxygen atoms in total. The Morgan fingerprint density at radius 1 is 0.684 bits per heavy atom. The first-order valence-electron chi connectivity index (χ1n) is 7.99. The van der Waals surface area contributed by atoms with Crippen molar-refractivity contribution in [1.82, 2.24) is 0 Å². The van der Waals surface area contributed by atoms with E-state index in [1.165, 1.54) is 51.4 Å². The maximum atomic E-state index is 4.93. The third kappa shape index (κ3) is 10.8. The van der Waals surface area contributed by atoms with E-state index in [4.69, 9.17) is 17.0 Å². The van der Waals surface area contributed by atoms with E-state index in [1.807, 2.05) is 0 Å². The average Bonchev–Trinajstić information content (AvgIpc) is 3.05. The quantitative estimate of drug-likeness (QED) is 0.477. The molecule has 3 heteroatoms. The molecule has 2 rings (SSSR count). The van der Waals surface area contributed by atoms with Gasteiger partial charge in [-0.15, -0.1) is 0 Å². The molecule has 0 aromatic heterocycles. The van der Waals surface area contributed by atoms with E-state index < -0.39 is 20.8 Å². The van der Waals surface area contributed by atoms with Crippen molar-refractivity contribution in [1.29, 1.82) is 0 Å². The predicted octanol–water partition coefficient (Wildman–Crippen LogP) is 7.04. The minimum absolute atomic E-state index is 0.826. The van der Waals surface area contributed by atoms with Gasteiger partial charge in [0.05, 0.1) is 0 Å². The second-order valence-corrected chi connectivity index (χ2v) is 10.4. The van der Waals surface area contributed by atoms with Gasteiger partial charge >= 0.3 is 37.9 Å². The summed E-state index contributed by atoms with van der Waals surface area (Å²) in [4.78, 5) is 0. The summed E-state index contributed by atoms with van der Waals surface area (Å²) in [5, 5.41) is 0. The molecule has 114 valence electrons. The molecule has 0 aromatic rings. The second kappa shape index (κ2) is 13.1. The summed E-state index contributed by atoms with van der Waals surface area (Å²) >= 11 is -0.826. The molecule has 0 spiro atoms. The van der Waals surface area contributed by atoms with Gasteiger partial charge in [0.25, 0.3) is 0 Å². The summed E-state index contributed by atoms with van der Waals surface area (Å²) in [6.07, 6.45) is 11.9. The molecular formula is C16H32Cl2Zr. The van der Waals surface area contributed by atoms with Crippen LogP contribution in [0.15, 0.2) is 0 Å². The Balaban J connectivity index is 0.000000284. The molecule has 2 aliphatic carbocycles. The normalized spacial score (nSPS) is 20.0. The van der Waals surface area contributed by atoms with Crippen molar-refractivity contribution in [3.05, 3.63) is 0 Å². The third-order valence-corrected chi connectivity index (χ3v) is 4.69. The molecule has 19 heavy (non-hydrogen) atoms. The Morgan fingerprint density at radius 3 is 1.00 bits per heavy atom. The molecule has 0 bridgehead atoms. The first-order valence-corrected chi connectivity index (χ1v) is 14.3. The van der Waals surface area contributed by atoms with Gasteiger partial charge in [-0.05, 0) is 23.7 Å². The zero-order chi connectivity index (χ0) is 14.7. The van der Waals surface area contributed by atoms with Crippen LogP contribution >= 0.6 is 17.0 Å². The van der Waals surface area contributed by atoms with E-state index in [-0.39, 0.29) is 0 Å². The van der Waals surface area contributed by atoms with Crippen molar-refractivity contribution in [3.8, 4) is 0 Å². The Morgan fingerprint density at radius 2 is 0.895 bits per heavy atom. The van der Waals surface area contributed by atoms with E-state index in [9.17, 15) is 0 Å². The molecular weight excluding hydrogens is 354 g/mol. The molecule has 0 atom stereocenters. The van der Waals surface area contributed by atoms with Gasteiger partial charge in [0, 0.05) is 0 Å². The average molecular weight is 387 g/mol. The molecule has 2 aliphatic rings. The Labute approximate surface area is 140 Å². The number of hydrogen-bond donors (Lipinski definition) is 0. The standard InChI is InChI=1S/2C8H16.2ClH.Zr/c2*1-7(2)8-5-3-4-6-8;;;/h2*7-8H,3-6H2,1-2H3;2*1H;/q;;;;+2/p-2. The van der Waals surface area contributed by atoms with E-state index in [0.29, 0.717) is 0 Å². The third-order valence-electron chi connectivity index (χ3n) is 4.69. The predicted molar refractivity (Wildman–Crippen MR) is 85.3 cm³/mol. The van der Waals surface area contributed by atoms with E-state index in [1.54, 1.807) is 0 Å². The molecule has 0 unspecified atom stereocenters. The van der Waals surface area contributed by atoms with Crippen LogP contribution in [-0.2, 0) is 20.8 Å². The number of halogens is 2. The molecule has 0 radical (unpaired) electrons. The van der Waals surface area contributed by atoms with Crippen molar-refractivity contribution in [2.45, 2.75) is 79.1 Å². The van der Waals surface area contributed by atoms with E-state index in [2.05, 4.69) is 27.7 Å². The van der Waals surface area contributed by atoms with Crippen LogP contribution in [0.2, 0.25) is 0 Å². The van der Waals surface area contributed by atoms with Gasteiger partial charge in [-0.1, -0.05) is 79.1 Å². The fourth-order valence-electron chi connectivity index (χ4n) is 3.25. The molecule has 0 N–H and O–H groups in total. The fraction of sp³-hybridized carbons (Fsp3) is 1.00. The van der Waals surface area contributed by atoms with Gasteiger partial charge < -0.3 is 0 Å². The van der Waals surface area contributed by atoms with Gasteiger partial charge in [-0.2, -0.15) is 0 Å². The molecule has 0 heterocycles. The topological polar surface area (TPSA) is 0 Å². The summed E-state index contributed by atoms with van der Waals surface area (Å²) in [6.45, 7) is 9.37. The van der Waals surface area contributed by atoms with Crippen molar-refractivity contribution in [2.75, 3.05) is 0 Å². The summed E-state index contributed by atoms with van der Waals surface area (Å²) in [5.41, 5.74) is 0. The van der Waals surface area contributed by atoms with Crippen LogP contribution in [0.1, 0.15) is 79.1 Å². The fourth-order valence-corrected chi connectivity index (χ4v) is 3.25. The first kappa shape index (κ1) is 20.5. The van der Waals surface area contributed by atoms with Crippen LogP contribution in [0.3, 0.4) is 0 Å². The van der Waals surface area contributed by atoms with Gasteiger partial charge in [-0.3, -0.25) is 0 Å². The zero-order valence-electron chi connectivity index (χ0n) is 13.2. The monoisotopic (exact) mass is 384 g/mol. The van der Waals surface area contributed by atoms with Gasteiger partial charge in [0.2, 0.25) is 0 Å². The first-order chi connectivity index (χ1) is 9.02. The van der Waals surface area contributed by atoms with Crippen molar-refractivity contribution in [2.24, 2.45) is 23.7 Å². The molecule has 2 saturated carbocycles. The molecule has 2 fully saturated rings. The van der Waals surface area contributed by atoms with Crippen molar-refractivity contribution >= 4 is 17.0 Å². The molecule has 0 amide bonds. The number of hydrogen-bond acceptors (Lipinski definition) is 0. The Kier molecular flexibility index (Phi) is 14.2. The maximum absolute atomic E-state index is 4.93. The molecule has 0 aliphatic heterocycles. The van der Waals surface area contributed by atoms with Crippen LogP contribution < -0.4 is 0 Å². The van der Waals surface area contributed by atoms with Crippen LogP contribution in [0.5, 0.6) is 0 Å². The zero-order valence-corrected chi connectivity index (χ0v) is 17.2. The molecule has 0 aromatic carbocycles. The van der Waals surface area contributed by atoms with Crippen molar-refractivity contribution in [3.63, 3.8) is 0 Å². The van der Waals surface area contributed by atoms with Crippen LogP contribution in [0.4, 0.5) is 0 Å². The molecule has 0 saturated heterocycles. The summed E-state index contributed by atoms with van der Waals surface area (Å²) in [5.74, 6) is 4.01. The SMILES string of the molecule is CC(C)C1CCCC1.CC(C)C1CCCC1.[Cl][Zr][Cl]. The summed E-state index contributed by atoms with van der Waals surface area (Å²) in [6, 6.07) is 0. The Bertz CT molecular complexity index is 163. The van der Waals surface area contributed by atoms with Gasteiger partial charge in [0.15, 0.2) is 0 Å². The van der Waals surface area contributed by atoms with Crippen LogP contribution in [0, 0.1) is 23.7 Å². The second-order valence-electron chi connectivity index (χ2n) is 6.65. The summed E-state index contributed by atoms with van der Waals surface area (Å²) in [7, 11) is 9.87. The van der Waals surface area contributed by atoms with Crippen LogP contribution in [-0.4, -0.2) is 0 Å². The van der Waals surface area contributed by atoms with Gasteiger partial charge in [0.1, 0.15) is 0 Å².